The Kier molecular flexibility index (Phi) is 4.83. The Morgan fingerprint density at radius 1 is 1.07 bits per heavy atom. The van der Waals surface area contributed by atoms with Crippen molar-refractivity contribution < 1.29 is 9.18 Å². The molecule has 2 aromatic heterocycles. The van der Waals surface area contributed by atoms with Crippen LogP contribution >= 0.6 is 11.8 Å². The Morgan fingerprint density at radius 2 is 1.71 bits per heavy atom. The van der Waals surface area contributed by atoms with Gasteiger partial charge in [-0.3, -0.25) is 9.59 Å². The molecule has 0 aliphatic heterocycles. The van der Waals surface area contributed by atoms with Crippen molar-refractivity contribution in [2.24, 2.45) is 0 Å². The molecular weight excluding hydrogens is 377 g/mol. The quantitative estimate of drug-likeness (QED) is 0.302. The standard InChI is InChI=1S/C21H16FN3O2S/c1-12-10-23-19-17(12)20(27)25-21(24-19)28-11-13-2-4-14(5-3-13)18(26)15-6-8-16(22)9-7-15/h2-10H,11H2,1H3,(H2,23,24,25,27). The van der Waals surface area contributed by atoms with Crippen LogP contribution in [-0.4, -0.2) is 20.7 Å². The van der Waals surface area contributed by atoms with E-state index in [4.69, 9.17) is 0 Å². The van der Waals surface area contributed by atoms with E-state index in [1.807, 2.05) is 19.1 Å². The highest BCUT2D eigenvalue weighted by Gasteiger charge is 2.11. The van der Waals surface area contributed by atoms with Crippen molar-refractivity contribution in [3.05, 3.63) is 93.2 Å². The Balaban J connectivity index is 1.47. The number of aryl methyl sites for hydroxylation is 1. The third-order valence-corrected chi connectivity index (χ3v) is 5.36. The van der Waals surface area contributed by atoms with Gasteiger partial charge in [0, 0.05) is 23.1 Å². The van der Waals surface area contributed by atoms with Crippen molar-refractivity contribution in [2.75, 3.05) is 0 Å². The molecule has 0 fully saturated rings. The molecule has 140 valence electrons. The highest BCUT2D eigenvalue weighted by molar-refractivity contribution is 7.98. The highest BCUT2D eigenvalue weighted by Crippen LogP contribution is 2.21. The van der Waals surface area contributed by atoms with Gasteiger partial charge in [0.25, 0.3) is 5.56 Å². The molecule has 2 heterocycles. The zero-order valence-corrected chi connectivity index (χ0v) is 15.8. The van der Waals surface area contributed by atoms with E-state index in [0.717, 1.165) is 11.1 Å². The zero-order valence-electron chi connectivity index (χ0n) is 15.0. The minimum absolute atomic E-state index is 0.155. The summed E-state index contributed by atoms with van der Waals surface area (Å²) < 4.78 is 13.0. The summed E-state index contributed by atoms with van der Waals surface area (Å²) in [5, 5.41) is 1.11. The smallest absolute Gasteiger partial charge is 0.261 e. The molecule has 0 aliphatic rings. The summed E-state index contributed by atoms with van der Waals surface area (Å²) >= 11 is 1.41. The van der Waals surface area contributed by atoms with Crippen LogP contribution < -0.4 is 5.56 Å². The van der Waals surface area contributed by atoms with Crippen molar-refractivity contribution in [2.45, 2.75) is 17.8 Å². The Bertz CT molecular complexity index is 1210. The summed E-state index contributed by atoms with van der Waals surface area (Å²) in [4.78, 5) is 34.8. The van der Waals surface area contributed by atoms with Gasteiger partial charge < -0.3 is 9.97 Å². The van der Waals surface area contributed by atoms with Crippen LogP contribution in [0.4, 0.5) is 4.39 Å². The molecule has 5 nitrogen and oxygen atoms in total. The second kappa shape index (κ2) is 7.44. The molecule has 0 amide bonds. The van der Waals surface area contributed by atoms with Crippen LogP contribution in [-0.2, 0) is 5.75 Å². The van der Waals surface area contributed by atoms with Gasteiger partial charge in [-0.05, 0) is 42.3 Å². The minimum Gasteiger partial charge on any atom is -0.346 e. The lowest BCUT2D eigenvalue weighted by atomic mass is 10.0. The van der Waals surface area contributed by atoms with Gasteiger partial charge in [-0.1, -0.05) is 36.0 Å². The van der Waals surface area contributed by atoms with E-state index in [-0.39, 0.29) is 17.2 Å². The van der Waals surface area contributed by atoms with Gasteiger partial charge in [-0.25, -0.2) is 9.37 Å². The van der Waals surface area contributed by atoms with Crippen LogP contribution in [0, 0.1) is 12.7 Å². The number of carbonyl (C=O) groups excluding carboxylic acids is 1. The first kappa shape index (κ1) is 18.2. The number of benzene rings is 2. The number of hydrogen-bond donors (Lipinski definition) is 2. The first-order chi connectivity index (χ1) is 13.5. The van der Waals surface area contributed by atoms with Crippen LogP contribution in [0.1, 0.15) is 27.0 Å². The summed E-state index contributed by atoms with van der Waals surface area (Å²) in [5.74, 6) is 0.0696. The number of aromatic nitrogens is 3. The van der Waals surface area contributed by atoms with E-state index in [2.05, 4.69) is 15.0 Å². The molecule has 0 radical (unpaired) electrons. The summed E-state index contributed by atoms with van der Waals surface area (Å²) in [6.45, 7) is 1.86. The number of fused-ring (bicyclic) bond motifs is 1. The molecule has 0 unspecified atom stereocenters. The lowest BCUT2D eigenvalue weighted by Gasteiger charge is -2.05. The Labute approximate surface area is 164 Å². The Hall–Kier alpha value is -3.19. The van der Waals surface area contributed by atoms with Crippen LogP contribution in [0.5, 0.6) is 0 Å². The number of carbonyl (C=O) groups is 1. The number of thioether (sulfide) groups is 1. The molecule has 2 N–H and O–H groups in total. The average molecular weight is 393 g/mol. The molecule has 0 saturated heterocycles. The first-order valence-corrected chi connectivity index (χ1v) is 9.60. The van der Waals surface area contributed by atoms with Crippen molar-refractivity contribution in [1.29, 1.82) is 0 Å². The van der Waals surface area contributed by atoms with Crippen LogP contribution in [0.3, 0.4) is 0 Å². The number of ketones is 1. The fourth-order valence-corrected chi connectivity index (χ4v) is 3.73. The van der Waals surface area contributed by atoms with E-state index >= 15 is 0 Å². The van der Waals surface area contributed by atoms with Gasteiger partial charge in [0.15, 0.2) is 10.9 Å². The van der Waals surface area contributed by atoms with Crippen LogP contribution in [0.25, 0.3) is 11.0 Å². The largest absolute Gasteiger partial charge is 0.346 e. The van der Waals surface area contributed by atoms with Gasteiger partial charge in [0.2, 0.25) is 0 Å². The molecule has 4 rings (SSSR count). The number of nitrogens with one attached hydrogen (secondary N) is 2. The van der Waals surface area contributed by atoms with E-state index < -0.39 is 0 Å². The lowest BCUT2D eigenvalue weighted by molar-refractivity contribution is 0.103. The second-order valence-corrected chi connectivity index (χ2v) is 7.35. The van der Waals surface area contributed by atoms with Gasteiger partial charge in [-0.2, -0.15) is 0 Å². The normalized spacial score (nSPS) is 11.1. The maximum absolute atomic E-state index is 13.0. The Morgan fingerprint density at radius 3 is 2.39 bits per heavy atom. The first-order valence-electron chi connectivity index (χ1n) is 8.61. The zero-order chi connectivity index (χ0) is 19.7. The number of hydrogen-bond acceptors (Lipinski definition) is 4. The van der Waals surface area contributed by atoms with Crippen molar-refractivity contribution in [1.82, 2.24) is 15.0 Å². The molecule has 0 bridgehead atoms. The van der Waals surface area contributed by atoms with Crippen LogP contribution in [0.15, 0.2) is 64.7 Å². The summed E-state index contributed by atoms with van der Waals surface area (Å²) in [6, 6.07) is 12.7. The topological polar surface area (TPSA) is 78.6 Å². The molecular formula is C21H16FN3O2S. The van der Waals surface area contributed by atoms with Gasteiger partial charge in [-0.15, -0.1) is 0 Å². The van der Waals surface area contributed by atoms with Gasteiger partial charge in [0.05, 0.1) is 5.39 Å². The molecule has 0 atom stereocenters. The minimum atomic E-state index is -0.372. The number of halogens is 1. The van der Waals surface area contributed by atoms with Crippen LogP contribution in [0.2, 0.25) is 0 Å². The van der Waals surface area contributed by atoms with Crippen molar-refractivity contribution >= 4 is 28.6 Å². The second-order valence-electron chi connectivity index (χ2n) is 6.39. The number of H-pyrrole nitrogens is 2. The van der Waals surface area contributed by atoms with Crippen molar-refractivity contribution in [3.63, 3.8) is 0 Å². The third-order valence-electron chi connectivity index (χ3n) is 4.42. The molecule has 28 heavy (non-hydrogen) atoms. The third kappa shape index (κ3) is 3.61. The van der Waals surface area contributed by atoms with Gasteiger partial charge in [0.1, 0.15) is 11.5 Å². The summed E-state index contributed by atoms with van der Waals surface area (Å²) in [7, 11) is 0. The lowest BCUT2D eigenvalue weighted by Crippen LogP contribution is -2.09. The molecule has 0 saturated carbocycles. The molecule has 4 aromatic rings. The van der Waals surface area contributed by atoms with Gasteiger partial charge >= 0.3 is 0 Å². The molecule has 0 aliphatic carbocycles. The summed E-state index contributed by atoms with van der Waals surface area (Å²) in [5.41, 5.74) is 3.25. The highest BCUT2D eigenvalue weighted by atomic mass is 32.2. The average Bonchev–Trinajstić information content (AvgIpc) is 3.08. The molecule has 7 heteroatoms. The maximum atomic E-state index is 13.0. The van der Waals surface area contributed by atoms with E-state index in [0.29, 0.717) is 33.1 Å². The summed E-state index contributed by atoms with van der Waals surface area (Å²) in [6.07, 6.45) is 1.76. The number of aromatic amines is 2. The monoisotopic (exact) mass is 393 g/mol. The number of nitrogens with zero attached hydrogens (tertiary/aromatic N) is 1. The van der Waals surface area contributed by atoms with E-state index in [9.17, 15) is 14.0 Å². The maximum Gasteiger partial charge on any atom is 0.261 e. The predicted molar refractivity (Wildman–Crippen MR) is 107 cm³/mol. The molecule has 2 aromatic carbocycles. The van der Waals surface area contributed by atoms with E-state index in [1.165, 1.54) is 36.0 Å². The number of rotatable bonds is 5. The fraction of sp³-hybridized carbons (Fsp3) is 0.0952. The van der Waals surface area contributed by atoms with E-state index in [1.54, 1.807) is 18.3 Å². The SMILES string of the molecule is Cc1c[nH]c2nc(SCc3ccc(C(=O)c4ccc(F)cc4)cc3)[nH]c(=O)c12. The fourth-order valence-electron chi connectivity index (χ4n) is 2.91. The molecule has 0 spiro atoms. The predicted octanol–water partition coefficient (Wildman–Crippen LogP) is 4.22. The van der Waals surface area contributed by atoms with Crippen molar-refractivity contribution in [3.8, 4) is 0 Å².